The molecule has 4 heteroatoms. The summed E-state index contributed by atoms with van der Waals surface area (Å²) in [5.74, 6) is 0.580. The number of carbonyl (C=O) groups excluding carboxylic acids is 2. The minimum Gasteiger partial charge on any atom is -0.480 e. The molecular formula is C14H19NO3. The van der Waals surface area contributed by atoms with Crippen molar-refractivity contribution in [3.05, 3.63) is 28.8 Å². The molecule has 1 unspecified atom stereocenters. The van der Waals surface area contributed by atoms with E-state index in [0.717, 1.165) is 17.4 Å². The predicted molar refractivity (Wildman–Crippen MR) is 70.1 cm³/mol. The molecule has 0 saturated carbocycles. The van der Waals surface area contributed by atoms with Crippen molar-refractivity contribution < 1.29 is 14.3 Å². The van der Waals surface area contributed by atoms with Gasteiger partial charge in [-0.05, 0) is 44.0 Å². The summed E-state index contributed by atoms with van der Waals surface area (Å²) in [5, 5.41) is 0. The van der Waals surface area contributed by atoms with Gasteiger partial charge < -0.3 is 9.64 Å². The Hall–Kier alpha value is -1.84. The molecule has 0 heterocycles. The standard InChI is InChI=1S/C14H19NO3/c1-9-6-12(8-16)7-10(2)13(9)18-11(3)14(17)15(4)5/h6-8,11H,1-5H3. The average molecular weight is 249 g/mol. The van der Waals surface area contributed by atoms with Gasteiger partial charge in [0.2, 0.25) is 0 Å². The average Bonchev–Trinajstić information content (AvgIpc) is 2.31. The predicted octanol–water partition coefficient (Wildman–Crippen LogP) is 1.97. The van der Waals surface area contributed by atoms with Crippen molar-refractivity contribution in [3.8, 4) is 5.75 Å². The van der Waals surface area contributed by atoms with Crippen LogP contribution in [0.2, 0.25) is 0 Å². The van der Waals surface area contributed by atoms with Crippen molar-refractivity contribution in [1.82, 2.24) is 4.90 Å². The van der Waals surface area contributed by atoms with E-state index in [4.69, 9.17) is 4.74 Å². The zero-order chi connectivity index (χ0) is 13.9. The first-order chi connectivity index (χ1) is 8.36. The van der Waals surface area contributed by atoms with Crippen LogP contribution in [0.4, 0.5) is 0 Å². The summed E-state index contributed by atoms with van der Waals surface area (Å²) in [7, 11) is 3.38. The van der Waals surface area contributed by atoms with Crippen LogP contribution in [0.5, 0.6) is 5.75 Å². The van der Waals surface area contributed by atoms with E-state index in [1.807, 2.05) is 13.8 Å². The minimum atomic E-state index is -0.542. The molecule has 0 aliphatic rings. The lowest BCUT2D eigenvalue weighted by Gasteiger charge is -2.20. The van der Waals surface area contributed by atoms with Gasteiger partial charge in [0.05, 0.1) is 0 Å². The van der Waals surface area contributed by atoms with Gasteiger partial charge in [-0.15, -0.1) is 0 Å². The summed E-state index contributed by atoms with van der Waals surface area (Å²) >= 11 is 0. The summed E-state index contributed by atoms with van der Waals surface area (Å²) < 4.78 is 5.69. The molecule has 1 aromatic carbocycles. The van der Waals surface area contributed by atoms with E-state index in [9.17, 15) is 9.59 Å². The van der Waals surface area contributed by atoms with Crippen molar-refractivity contribution in [2.24, 2.45) is 0 Å². The molecule has 1 amide bonds. The summed E-state index contributed by atoms with van der Waals surface area (Å²) in [5.41, 5.74) is 2.33. The van der Waals surface area contributed by atoms with E-state index in [2.05, 4.69) is 0 Å². The molecule has 0 fully saturated rings. The van der Waals surface area contributed by atoms with Crippen molar-refractivity contribution in [2.45, 2.75) is 26.9 Å². The third-order valence-corrected chi connectivity index (χ3v) is 2.70. The molecule has 0 aromatic heterocycles. The van der Waals surface area contributed by atoms with Crippen molar-refractivity contribution in [1.29, 1.82) is 0 Å². The fraction of sp³-hybridized carbons (Fsp3) is 0.429. The Morgan fingerprint density at radius 2 is 1.78 bits per heavy atom. The molecular weight excluding hydrogens is 230 g/mol. The number of amides is 1. The lowest BCUT2D eigenvalue weighted by Crippen LogP contribution is -2.35. The Morgan fingerprint density at radius 3 is 2.17 bits per heavy atom. The Kier molecular flexibility index (Phi) is 4.48. The molecule has 0 N–H and O–H groups in total. The van der Waals surface area contributed by atoms with Crippen LogP contribution in [0, 0.1) is 13.8 Å². The molecule has 1 atom stereocenters. The van der Waals surface area contributed by atoms with Crippen LogP contribution in [0.1, 0.15) is 28.4 Å². The van der Waals surface area contributed by atoms with Crippen molar-refractivity contribution in [3.63, 3.8) is 0 Å². The lowest BCUT2D eigenvalue weighted by atomic mass is 10.1. The third-order valence-electron chi connectivity index (χ3n) is 2.70. The molecule has 0 bridgehead atoms. The Bertz CT molecular complexity index is 443. The second-order valence-corrected chi connectivity index (χ2v) is 4.59. The number of carbonyl (C=O) groups is 2. The maximum Gasteiger partial charge on any atom is 0.262 e. The normalized spacial score (nSPS) is 11.8. The summed E-state index contributed by atoms with van der Waals surface area (Å²) in [4.78, 5) is 24.0. The van der Waals surface area contributed by atoms with Crippen LogP contribution in [-0.2, 0) is 4.79 Å². The first kappa shape index (κ1) is 14.2. The molecule has 0 aliphatic carbocycles. The zero-order valence-corrected chi connectivity index (χ0v) is 11.5. The summed E-state index contributed by atoms with van der Waals surface area (Å²) in [6.45, 7) is 5.44. The van der Waals surface area contributed by atoms with Crippen molar-refractivity contribution >= 4 is 12.2 Å². The van der Waals surface area contributed by atoms with Crippen LogP contribution in [0.3, 0.4) is 0 Å². The van der Waals surface area contributed by atoms with Crippen LogP contribution < -0.4 is 4.74 Å². The molecule has 1 aromatic rings. The SMILES string of the molecule is Cc1cc(C=O)cc(C)c1OC(C)C(=O)N(C)C. The number of ether oxygens (including phenoxy) is 1. The second-order valence-electron chi connectivity index (χ2n) is 4.59. The fourth-order valence-corrected chi connectivity index (χ4v) is 1.83. The van der Waals surface area contributed by atoms with Crippen molar-refractivity contribution in [2.75, 3.05) is 14.1 Å². The molecule has 1 rings (SSSR count). The second kappa shape index (κ2) is 5.67. The maximum atomic E-state index is 11.7. The number of benzene rings is 1. The zero-order valence-electron chi connectivity index (χ0n) is 11.5. The molecule has 0 spiro atoms. The van der Waals surface area contributed by atoms with Crippen LogP contribution >= 0.6 is 0 Å². The summed E-state index contributed by atoms with van der Waals surface area (Å²) in [6, 6.07) is 3.50. The smallest absolute Gasteiger partial charge is 0.262 e. The molecule has 0 aliphatic heterocycles. The summed E-state index contributed by atoms with van der Waals surface area (Å²) in [6.07, 6.45) is 0.262. The highest BCUT2D eigenvalue weighted by Crippen LogP contribution is 2.25. The van der Waals surface area contributed by atoms with Gasteiger partial charge in [0.25, 0.3) is 5.91 Å². The van der Waals surface area contributed by atoms with Gasteiger partial charge in [0.1, 0.15) is 12.0 Å². The Labute approximate surface area is 108 Å². The quantitative estimate of drug-likeness (QED) is 0.766. The van der Waals surface area contributed by atoms with Gasteiger partial charge in [-0.1, -0.05) is 0 Å². The molecule has 0 radical (unpaired) electrons. The topological polar surface area (TPSA) is 46.6 Å². The first-order valence-electron chi connectivity index (χ1n) is 5.81. The van der Waals surface area contributed by atoms with E-state index >= 15 is 0 Å². The van der Waals surface area contributed by atoms with E-state index in [0.29, 0.717) is 11.3 Å². The Morgan fingerprint density at radius 1 is 1.28 bits per heavy atom. The molecule has 0 saturated heterocycles. The van der Waals surface area contributed by atoms with Gasteiger partial charge in [-0.2, -0.15) is 0 Å². The molecule has 4 nitrogen and oxygen atoms in total. The fourth-order valence-electron chi connectivity index (χ4n) is 1.83. The van der Waals surface area contributed by atoms with Gasteiger partial charge in [-0.25, -0.2) is 0 Å². The van der Waals surface area contributed by atoms with Crippen LogP contribution in [-0.4, -0.2) is 37.3 Å². The van der Waals surface area contributed by atoms with Gasteiger partial charge >= 0.3 is 0 Å². The van der Waals surface area contributed by atoms with E-state index < -0.39 is 6.10 Å². The Balaban J connectivity index is 2.98. The highest BCUT2D eigenvalue weighted by atomic mass is 16.5. The van der Waals surface area contributed by atoms with Crippen LogP contribution in [0.15, 0.2) is 12.1 Å². The largest absolute Gasteiger partial charge is 0.480 e. The highest BCUT2D eigenvalue weighted by Gasteiger charge is 2.18. The number of aryl methyl sites for hydroxylation is 2. The number of hydrogen-bond acceptors (Lipinski definition) is 3. The number of likely N-dealkylation sites (N-methyl/N-ethyl adjacent to an activating group) is 1. The number of aldehydes is 1. The number of hydrogen-bond donors (Lipinski definition) is 0. The van der Waals surface area contributed by atoms with E-state index in [-0.39, 0.29) is 5.91 Å². The molecule has 98 valence electrons. The highest BCUT2D eigenvalue weighted by molar-refractivity contribution is 5.80. The maximum absolute atomic E-state index is 11.7. The number of nitrogens with zero attached hydrogens (tertiary/aromatic N) is 1. The van der Waals surface area contributed by atoms with Crippen LogP contribution in [0.25, 0.3) is 0 Å². The van der Waals surface area contributed by atoms with E-state index in [1.54, 1.807) is 33.2 Å². The minimum absolute atomic E-state index is 0.0896. The van der Waals surface area contributed by atoms with Gasteiger partial charge in [0.15, 0.2) is 6.10 Å². The van der Waals surface area contributed by atoms with E-state index in [1.165, 1.54) is 4.90 Å². The lowest BCUT2D eigenvalue weighted by molar-refractivity contribution is -0.135. The monoisotopic (exact) mass is 249 g/mol. The van der Waals surface area contributed by atoms with Gasteiger partial charge in [0, 0.05) is 19.7 Å². The van der Waals surface area contributed by atoms with Gasteiger partial charge in [-0.3, -0.25) is 9.59 Å². The number of rotatable bonds is 4. The first-order valence-corrected chi connectivity index (χ1v) is 5.81. The molecule has 18 heavy (non-hydrogen) atoms. The third kappa shape index (κ3) is 3.09.